The number of methoxy groups -OCH3 is 2. The second kappa shape index (κ2) is 6.51. The first-order valence-electron chi connectivity index (χ1n) is 7.01. The van der Waals surface area contributed by atoms with Gasteiger partial charge in [0.15, 0.2) is 6.29 Å². The topological polar surface area (TPSA) is 21.7 Å². The van der Waals surface area contributed by atoms with Gasteiger partial charge in [-0.3, -0.25) is 4.90 Å². The molecule has 0 aliphatic heterocycles. The van der Waals surface area contributed by atoms with Crippen molar-refractivity contribution in [3.63, 3.8) is 0 Å². The smallest absolute Gasteiger partial charge is 0.169 e. The molecular formula is C16H25NO2. The van der Waals surface area contributed by atoms with Crippen LogP contribution in [0.25, 0.3) is 0 Å². The Morgan fingerprint density at radius 2 is 1.95 bits per heavy atom. The Labute approximate surface area is 116 Å². The number of ether oxygens (including phenoxy) is 2. The number of likely N-dealkylation sites (N-methyl/N-ethyl adjacent to an activating group) is 1. The van der Waals surface area contributed by atoms with E-state index in [2.05, 4.69) is 43.1 Å². The summed E-state index contributed by atoms with van der Waals surface area (Å²) in [6, 6.07) is 9.37. The molecule has 0 fully saturated rings. The van der Waals surface area contributed by atoms with Crippen LogP contribution < -0.4 is 0 Å². The molecule has 0 heterocycles. The number of aryl methyl sites for hydroxylation is 1. The van der Waals surface area contributed by atoms with Gasteiger partial charge < -0.3 is 9.47 Å². The van der Waals surface area contributed by atoms with Gasteiger partial charge in [0.1, 0.15) is 0 Å². The molecule has 3 nitrogen and oxygen atoms in total. The number of nitrogens with zero attached hydrogens (tertiary/aromatic N) is 1. The summed E-state index contributed by atoms with van der Waals surface area (Å²) < 4.78 is 10.6. The van der Waals surface area contributed by atoms with Gasteiger partial charge in [0.2, 0.25) is 0 Å². The van der Waals surface area contributed by atoms with E-state index in [9.17, 15) is 0 Å². The van der Waals surface area contributed by atoms with Crippen molar-refractivity contribution in [2.24, 2.45) is 0 Å². The maximum atomic E-state index is 5.30. The van der Waals surface area contributed by atoms with Gasteiger partial charge in [-0.25, -0.2) is 0 Å². The summed E-state index contributed by atoms with van der Waals surface area (Å²) in [5, 5.41) is 0. The van der Waals surface area contributed by atoms with E-state index in [1.807, 2.05) is 0 Å². The maximum Gasteiger partial charge on any atom is 0.169 e. The number of fused-ring (bicyclic) bond motifs is 1. The van der Waals surface area contributed by atoms with Crippen LogP contribution in [0, 0.1) is 0 Å². The standard InChI is InChI=1S/C16H25NO2/c1-12-14-8-6-5-7-13(14)9-10-15(12)17(2)11-16(18-3)19-4/h5-8,12,15-16H,9-11H2,1-4H3/t12-,15-/m0/s1. The lowest BCUT2D eigenvalue weighted by Gasteiger charge is -2.38. The molecule has 1 aromatic rings. The minimum atomic E-state index is -0.144. The Morgan fingerprint density at radius 1 is 1.26 bits per heavy atom. The third kappa shape index (κ3) is 3.16. The molecule has 1 aliphatic carbocycles. The van der Waals surface area contributed by atoms with Crippen LogP contribution in [0.3, 0.4) is 0 Å². The summed E-state index contributed by atoms with van der Waals surface area (Å²) in [7, 11) is 5.56. The fourth-order valence-corrected chi connectivity index (χ4v) is 3.18. The van der Waals surface area contributed by atoms with Gasteiger partial charge in [-0.05, 0) is 36.9 Å². The average Bonchev–Trinajstić information content (AvgIpc) is 2.45. The van der Waals surface area contributed by atoms with Crippen LogP contribution in [-0.2, 0) is 15.9 Å². The Bertz CT molecular complexity index is 403. The average molecular weight is 263 g/mol. The van der Waals surface area contributed by atoms with E-state index in [1.165, 1.54) is 24.0 Å². The number of hydrogen-bond acceptors (Lipinski definition) is 3. The monoisotopic (exact) mass is 263 g/mol. The number of benzene rings is 1. The molecule has 0 aromatic heterocycles. The van der Waals surface area contributed by atoms with Crippen LogP contribution in [0.5, 0.6) is 0 Å². The summed E-state index contributed by atoms with van der Waals surface area (Å²) >= 11 is 0. The normalized spacial score (nSPS) is 22.8. The van der Waals surface area contributed by atoms with Crippen molar-refractivity contribution in [3.05, 3.63) is 35.4 Å². The molecule has 0 bridgehead atoms. The van der Waals surface area contributed by atoms with Crippen molar-refractivity contribution < 1.29 is 9.47 Å². The third-order valence-electron chi connectivity index (χ3n) is 4.36. The molecule has 1 aliphatic rings. The number of hydrogen-bond donors (Lipinski definition) is 0. The van der Waals surface area contributed by atoms with E-state index in [0.29, 0.717) is 12.0 Å². The Hall–Kier alpha value is -0.900. The fraction of sp³-hybridized carbons (Fsp3) is 0.625. The van der Waals surface area contributed by atoms with Crippen LogP contribution in [0.4, 0.5) is 0 Å². The SMILES string of the molecule is COC(CN(C)[C@H]1CCc2ccccc2[C@@H]1C)OC. The predicted molar refractivity (Wildman–Crippen MR) is 77.4 cm³/mol. The van der Waals surface area contributed by atoms with Crippen LogP contribution >= 0.6 is 0 Å². The highest BCUT2D eigenvalue weighted by molar-refractivity contribution is 5.33. The van der Waals surface area contributed by atoms with E-state index >= 15 is 0 Å². The highest BCUT2D eigenvalue weighted by Gasteiger charge is 2.29. The second-order valence-corrected chi connectivity index (χ2v) is 5.43. The molecule has 0 spiro atoms. The molecule has 2 rings (SSSR count). The van der Waals surface area contributed by atoms with Crippen molar-refractivity contribution in [1.29, 1.82) is 0 Å². The molecule has 0 N–H and O–H groups in total. The molecule has 0 saturated carbocycles. The van der Waals surface area contributed by atoms with Crippen molar-refractivity contribution in [2.75, 3.05) is 27.8 Å². The summed E-state index contributed by atoms with van der Waals surface area (Å²) in [6.45, 7) is 3.14. The Kier molecular flexibility index (Phi) is 4.97. The molecule has 3 heteroatoms. The van der Waals surface area contributed by atoms with Crippen molar-refractivity contribution in [2.45, 2.75) is 38.0 Å². The van der Waals surface area contributed by atoms with Gasteiger partial charge >= 0.3 is 0 Å². The van der Waals surface area contributed by atoms with Gasteiger partial charge in [0, 0.05) is 26.8 Å². The second-order valence-electron chi connectivity index (χ2n) is 5.43. The summed E-state index contributed by atoms with van der Waals surface area (Å²) in [6.07, 6.45) is 2.23. The van der Waals surface area contributed by atoms with Gasteiger partial charge in [0.05, 0.1) is 0 Å². The van der Waals surface area contributed by atoms with Gasteiger partial charge in [-0.15, -0.1) is 0 Å². The summed E-state index contributed by atoms with van der Waals surface area (Å²) in [4.78, 5) is 2.37. The molecule has 0 saturated heterocycles. The first kappa shape index (κ1) is 14.5. The van der Waals surface area contributed by atoms with Gasteiger partial charge in [-0.1, -0.05) is 31.2 Å². The lowest BCUT2D eigenvalue weighted by Crippen LogP contribution is -2.43. The zero-order chi connectivity index (χ0) is 13.8. The van der Waals surface area contributed by atoms with Crippen LogP contribution in [-0.4, -0.2) is 45.0 Å². The summed E-state index contributed by atoms with van der Waals surface area (Å²) in [5.74, 6) is 0.560. The Morgan fingerprint density at radius 3 is 2.63 bits per heavy atom. The first-order chi connectivity index (χ1) is 9.17. The van der Waals surface area contributed by atoms with E-state index < -0.39 is 0 Å². The molecule has 0 radical (unpaired) electrons. The zero-order valence-electron chi connectivity index (χ0n) is 12.4. The molecular weight excluding hydrogens is 238 g/mol. The molecule has 0 amide bonds. The van der Waals surface area contributed by atoms with Crippen molar-refractivity contribution in [1.82, 2.24) is 4.90 Å². The minimum absolute atomic E-state index is 0.144. The van der Waals surface area contributed by atoms with Crippen molar-refractivity contribution in [3.8, 4) is 0 Å². The maximum absolute atomic E-state index is 5.30. The summed E-state index contributed by atoms with van der Waals surface area (Å²) in [5.41, 5.74) is 3.01. The molecule has 1 aromatic carbocycles. The minimum Gasteiger partial charge on any atom is -0.355 e. The Balaban J connectivity index is 2.07. The van der Waals surface area contributed by atoms with Crippen LogP contribution in [0.2, 0.25) is 0 Å². The van der Waals surface area contributed by atoms with E-state index in [-0.39, 0.29) is 6.29 Å². The molecule has 0 unspecified atom stereocenters. The lowest BCUT2D eigenvalue weighted by atomic mass is 9.80. The van der Waals surface area contributed by atoms with Crippen molar-refractivity contribution >= 4 is 0 Å². The first-order valence-corrected chi connectivity index (χ1v) is 7.01. The fourth-order valence-electron chi connectivity index (χ4n) is 3.18. The lowest BCUT2D eigenvalue weighted by molar-refractivity contribution is -0.118. The van der Waals surface area contributed by atoms with Gasteiger partial charge in [-0.2, -0.15) is 0 Å². The molecule has 19 heavy (non-hydrogen) atoms. The zero-order valence-corrected chi connectivity index (χ0v) is 12.4. The third-order valence-corrected chi connectivity index (χ3v) is 4.36. The highest BCUT2D eigenvalue weighted by atomic mass is 16.7. The van der Waals surface area contributed by atoms with Crippen LogP contribution in [0.1, 0.15) is 30.4 Å². The predicted octanol–water partition coefficient (Wildman–Crippen LogP) is 2.66. The quantitative estimate of drug-likeness (QED) is 0.762. The largest absolute Gasteiger partial charge is 0.355 e. The van der Waals surface area contributed by atoms with E-state index in [0.717, 1.165) is 6.54 Å². The van der Waals surface area contributed by atoms with Gasteiger partial charge in [0.25, 0.3) is 0 Å². The van der Waals surface area contributed by atoms with E-state index in [1.54, 1.807) is 14.2 Å². The number of rotatable bonds is 5. The van der Waals surface area contributed by atoms with Crippen LogP contribution in [0.15, 0.2) is 24.3 Å². The molecule has 106 valence electrons. The van der Waals surface area contributed by atoms with E-state index in [4.69, 9.17) is 9.47 Å². The molecule has 2 atom stereocenters. The highest BCUT2D eigenvalue weighted by Crippen LogP contribution is 2.33.